The van der Waals surface area contributed by atoms with Gasteiger partial charge in [0.25, 0.3) is 0 Å². The van der Waals surface area contributed by atoms with Gasteiger partial charge >= 0.3 is 37.9 Å². The molecule has 4 rings (SSSR count). The Balaban J connectivity index is 0.000000526. The summed E-state index contributed by atoms with van der Waals surface area (Å²) in [6, 6.07) is 17.8. The van der Waals surface area contributed by atoms with Crippen molar-refractivity contribution in [1.82, 2.24) is 0 Å². The van der Waals surface area contributed by atoms with Crippen molar-refractivity contribution in [3.8, 4) is 0 Å². The predicted molar refractivity (Wildman–Crippen MR) is 106 cm³/mol. The molecule has 2 unspecified atom stereocenters. The van der Waals surface area contributed by atoms with Crippen LogP contribution in [0.5, 0.6) is 0 Å². The molecule has 0 spiro atoms. The summed E-state index contributed by atoms with van der Waals surface area (Å²) < 4.78 is 0. The van der Waals surface area contributed by atoms with Crippen LogP contribution in [0.1, 0.15) is 33.3 Å². The molecule has 0 amide bonds. The fourth-order valence-electron chi connectivity index (χ4n) is 3.99. The van der Waals surface area contributed by atoms with Crippen molar-refractivity contribution < 1.29 is 20.8 Å². The van der Waals surface area contributed by atoms with E-state index in [9.17, 15) is 0 Å². The van der Waals surface area contributed by atoms with Crippen molar-refractivity contribution in [2.75, 3.05) is 0 Å². The number of halogens is 2. The molecule has 0 heterocycles. The molecule has 0 fully saturated rings. The van der Waals surface area contributed by atoms with Crippen LogP contribution in [0, 0.1) is 0 Å². The van der Waals surface area contributed by atoms with E-state index in [4.69, 9.17) is 17.0 Å². The first kappa shape index (κ1) is 18.4. The van der Waals surface area contributed by atoms with Crippen LogP contribution in [0.2, 0.25) is 13.1 Å². The van der Waals surface area contributed by atoms with Gasteiger partial charge in [0.1, 0.15) is 0 Å². The maximum atomic E-state index is 4.93. The standard InChI is InChI=1S/C20H20Si.2ClH.Zr/c1-21(2,19-13-11-15-7-3-5-9-17(15)19)20-14-12-16-8-4-6-10-18(16)20;;;/h3-14,19-20H,1-2H3;2*1H;/q;;;+2/p-2. The van der Waals surface area contributed by atoms with Gasteiger partial charge < -0.3 is 0 Å². The van der Waals surface area contributed by atoms with E-state index in [1.165, 1.54) is 22.3 Å². The molecule has 2 aliphatic carbocycles. The molecule has 24 heavy (non-hydrogen) atoms. The average molecular weight is 451 g/mol. The molecule has 0 N–H and O–H groups in total. The third-order valence-electron chi connectivity index (χ3n) is 5.20. The second-order valence-electron chi connectivity index (χ2n) is 6.82. The normalized spacial score (nSPS) is 20.2. The van der Waals surface area contributed by atoms with E-state index in [2.05, 4.69) is 85.9 Å². The quantitative estimate of drug-likeness (QED) is 0.443. The van der Waals surface area contributed by atoms with Gasteiger partial charge in [-0.1, -0.05) is 85.9 Å². The predicted octanol–water partition coefficient (Wildman–Crippen LogP) is 6.77. The number of allylic oxidation sites excluding steroid dienone is 2. The van der Waals surface area contributed by atoms with Crippen LogP contribution in [-0.2, 0) is 20.8 Å². The van der Waals surface area contributed by atoms with Crippen molar-refractivity contribution in [2.24, 2.45) is 0 Å². The third-order valence-corrected chi connectivity index (χ3v) is 9.41. The Hall–Kier alpha value is -0.400. The van der Waals surface area contributed by atoms with E-state index in [0.717, 1.165) is 0 Å². The zero-order valence-corrected chi connectivity index (χ0v) is 18.8. The summed E-state index contributed by atoms with van der Waals surface area (Å²) in [6.45, 7) is 5.09. The van der Waals surface area contributed by atoms with Gasteiger partial charge in [-0.05, 0) is 33.3 Å². The maximum absolute atomic E-state index is 4.93. The Labute approximate surface area is 164 Å². The van der Waals surface area contributed by atoms with Crippen LogP contribution >= 0.6 is 17.0 Å². The molecule has 2 aliphatic rings. The van der Waals surface area contributed by atoms with Crippen LogP contribution in [0.4, 0.5) is 0 Å². The molecule has 2 aromatic carbocycles. The van der Waals surface area contributed by atoms with Crippen molar-refractivity contribution in [3.05, 3.63) is 82.9 Å². The summed E-state index contributed by atoms with van der Waals surface area (Å²) in [5.74, 6) is 0. The number of hydrogen-bond acceptors (Lipinski definition) is 0. The SMILES string of the molecule is C[Si](C)(C1C=Cc2ccccc21)C1C=Cc2ccccc21.[Cl][Zr][Cl]. The molecule has 2 atom stereocenters. The van der Waals surface area contributed by atoms with Crippen LogP contribution in [0.3, 0.4) is 0 Å². The topological polar surface area (TPSA) is 0 Å². The summed E-state index contributed by atoms with van der Waals surface area (Å²) in [4.78, 5) is 0. The van der Waals surface area contributed by atoms with E-state index in [1.807, 2.05) is 0 Å². The van der Waals surface area contributed by atoms with Crippen LogP contribution < -0.4 is 0 Å². The van der Waals surface area contributed by atoms with E-state index >= 15 is 0 Å². The Morgan fingerprint density at radius 1 is 0.750 bits per heavy atom. The third kappa shape index (κ3) is 3.44. The number of benzene rings is 2. The first-order chi connectivity index (χ1) is 11.6. The van der Waals surface area contributed by atoms with Gasteiger partial charge in [-0.25, -0.2) is 0 Å². The monoisotopic (exact) mass is 448 g/mol. The minimum atomic E-state index is -1.51. The van der Waals surface area contributed by atoms with Crippen LogP contribution in [-0.4, -0.2) is 8.07 Å². The molecule has 2 aromatic rings. The molecule has 0 bridgehead atoms. The average Bonchev–Trinajstić information content (AvgIpc) is 3.20. The molecule has 0 radical (unpaired) electrons. The van der Waals surface area contributed by atoms with Gasteiger partial charge in [-0.3, -0.25) is 0 Å². The van der Waals surface area contributed by atoms with Gasteiger partial charge in [-0.15, -0.1) is 0 Å². The Kier molecular flexibility index (Phi) is 6.03. The molecule has 122 valence electrons. The van der Waals surface area contributed by atoms with Crippen molar-refractivity contribution in [2.45, 2.75) is 24.2 Å². The Bertz CT molecular complexity index is 719. The molecule has 0 aromatic heterocycles. The fourth-order valence-corrected chi connectivity index (χ4v) is 7.69. The molecular formula is C20H20Cl2SiZr. The Morgan fingerprint density at radius 2 is 1.12 bits per heavy atom. The summed E-state index contributed by atoms with van der Waals surface area (Å²) in [5, 5.41) is 0. The van der Waals surface area contributed by atoms with E-state index in [0.29, 0.717) is 11.1 Å². The first-order valence-electron chi connectivity index (χ1n) is 8.10. The minimum absolute atomic E-state index is 0.620. The van der Waals surface area contributed by atoms with Crippen molar-refractivity contribution in [3.63, 3.8) is 0 Å². The van der Waals surface area contributed by atoms with E-state index in [-0.39, 0.29) is 0 Å². The summed E-state index contributed by atoms with van der Waals surface area (Å²) in [6.07, 6.45) is 9.54. The van der Waals surface area contributed by atoms with Crippen molar-refractivity contribution in [1.29, 1.82) is 0 Å². The molecule has 0 saturated carbocycles. The van der Waals surface area contributed by atoms with Gasteiger partial charge in [0.15, 0.2) is 0 Å². The molecule has 4 heteroatoms. The molecular weight excluding hydrogens is 430 g/mol. The molecule has 0 aliphatic heterocycles. The fraction of sp³-hybridized carbons (Fsp3) is 0.200. The number of hydrogen-bond donors (Lipinski definition) is 0. The number of rotatable bonds is 2. The van der Waals surface area contributed by atoms with E-state index < -0.39 is 28.9 Å². The van der Waals surface area contributed by atoms with Crippen LogP contribution in [0.25, 0.3) is 12.2 Å². The molecule has 0 saturated heterocycles. The van der Waals surface area contributed by atoms with Gasteiger partial charge in [0.05, 0.1) is 8.07 Å². The van der Waals surface area contributed by atoms with Crippen molar-refractivity contribution >= 4 is 37.3 Å². The summed E-state index contributed by atoms with van der Waals surface area (Å²) in [5.41, 5.74) is 7.14. The van der Waals surface area contributed by atoms with Gasteiger partial charge in [-0.2, -0.15) is 0 Å². The second kappa shape index (κ2) is 7.87. The van der Waals surface area contributed by atoms with Gasteiger partial charge in [0.2, 0.25) is 0 Å². The second-order valence-corrected chi connectivity index (χ2v) is 15.4. The van der Waals surface area contributed by atoms with Gasteiger partial charge in [0, 0.05) is 0 Å². The zero-order valence-electron chi connectivity index (χ0n) is 13.8. The molecule has 0 nitrogen and oxygen atoms in total. The summed E-state index contributed by atoms with van der Waals surface area (Å²) >= 11 is -0.826. The zero-order chi connectivity index (χ0) is 17.2. The first-order valence-corrected chi connectivity index (χ1v) is 17.6. The Morgan fingerprint density at radius 3 is 1.54 bits per heavy atom. The van der Waals surface area contributed by atoms with E-state index in [1.54, 1.807) is 0 Å². The summed E-state index contributed by atoms with van der Waals surface area (Å²) in [7, 11) is 8.35. The number of fused-ring (bicyclic) bond motifs is 2. The van der Waals surface area contributed by atoms with Crippen LogP contribution in [0.15, 0.2) is 60.7 Å².